The van der Waals surface area contributed by atoms with Crippen molar-refractivity contribution in [1.29, 1.82) is 0 Å². The number of rotatable bonds is 4. The van der Waals surface area contributed by atoms with E-state index in [1.54, 1.807) is 11.3 Å². The Labute approximate surface area is 118 Å². The molecular formula is C14H21N3OS. The highest BCUT2D eigenvalue weighted by atomic mass is 32.1. The first-order valence-corrected chi connectivity index (χ1v) is 7.33. The van der Waals surface area contributed by atoms with E-state index in [1.807, 2.05) is 13.8 Å². The van der Waals surface area contributed by atoms with Crippen LogP contribution in [0.25, 0.3) is 0 Å². The van der Waals surface area contributed by atoms with Crippen LogP contribution in [0.5, 0.6) is 0 Å². The molecule has 1 N–H and O–H groups in total. The molecule has 0 amide bonds. The molecule has 0 bridgehead atoms. The van der Waals surface area contributed by atoms with Gasteiger partial charge < -0.3 is 9.73 Å². The molecule has 19 heavy (non-hydrogen) atoms. The van der Waals surface area contributed by atoms with Gasteiger partial charge in [-0.25, -0.2) is 9.97 Å². The van der Waals surface area contributed by atoms with Crippen molar-refractivity contribution < 1.29 is 4.42 Å². The highest BCUT2D eigenvalue weighted by Gasteiger charge is 2.17. The molecule has 0 aliphatic rings. The Morgan fingerprint density at radius 3 is 2.47 bits per heavy atom. The fraction of sp³-hybridized carbons (Fsp3) is 0.571. The number of aryl methyl sites for hydroxylation is 2. The lowest BCUT2D eigenvalue weighted by Crippen LogP contribution is -2.14. The minimum Gasteiger partial charge on any atom is -0.444 e. The van der Waals surface area contributed by atoms with Crippen LogP contribution in [-0.2, 0) is 18.5 Å². The molecule has 2 rings (SSSR count). The Bertz CT molecular complexity index is 532. The summed E-state index contributed by atoms with van der Waals surface area (Å²) >= 11 is 1.72. The number of hydrogen-bond donors (Lipinski definition) is 1. The van der Waals surface area contributed by atoms with E-state index in [9.17, 15) is 0 Å². The van der Waals surface area contributed by atoms with Gasteiger partial charge in [-0.1, -0.05) is 20.8 Å². The minimum absolute atomic E-state index is 0.125. The summed E-state index contributed by atoms with van der Waals surface area (Å²) in [7, 11) is 0. The molecule has 2 aromatic heterocycles. The molecule has 0 aliphatic heterocycles. The van der Waals surface area contributed by atoms with Gasteiger partial charge in [-0.2, -0.15) is 0 Å². The second-order valence-corrected chi connectivity index (χ2v) is 6.60. The maximum absolute atomic E-state index is 5.52. The first kappa shape index (κ1) is 14.2. The third-order valence-corrected chi connectivity index (χ3v) is 4.17. The number of nitrogens with one attached hydrogen (secondary N) is 1. The van der Waals surface area contributed by atoms with E-state index in [2.05, 4.69) is 41.4 Å². The van der Waals surface area contributed by atoms with Gasteiger partial charge in [0.05, 0.1) is 22.9 Å². The maximum Gasteiger partial charge on any atom is 0.208 e. The summed E-state index contributed by atoms with van der Waals surface area (Å²) in [5, 5.41) is 6.60. The maximum atomic E-state index is 5.52. The lowest BCUT2D eigenvalue weighted by atomic mass is 9.98. The number of aromatic nitrogens is 2. The molecule has 0 spiro atoms. The summed E-state index contributed by atoms with van der Waals surface area (Å²) < 4.78 is 5.52. The van der Waals surface area contributed by atoms with Crippen LogP contribution in [-0.4, -0.2) is 9.97 Å². The Morgan fingerprint density at radius 1 is 1.21 bits per heavy atom. The lowest BCUT2D eigenvalue weighted by Gasteiger charge is -2.13. The molecule has 2 heterocycles. The summed E-state index contributed by atoms with van der Waals surface area (Å²) in [5.74, 6) is 1.63. The van der Waals surface area contributed by atoms with Crippen LogP contribution in [0.2, 0.25) is 0 Å². The normalized spacial score (nSPS) is 12.1. The van der Waals surface area contributed by atoms with E-state index in [0.29, 0.717) is 6.54 Å². The van der Waals surface area contributed by atoms with Gasteiger partial charge in [0.2, 0.25) is 5.89 Å². The van der Waals surface area contributed by atoms with Crippen molar-refractivity contribution in [3.63, 3.8) is 0 Å². The summed E-state index contributed by atoms with van der Waals surface area (Å²) in [6.45, 7) is 11.8. The molecule has 2 aromatic rings. The van der Waals surface area contributed by atoms with Crippen molar-refractivity contribution in [3.8, 4) is 0 Å². The zero-order chi connectivity index (χ0) is 14.0. The van der Waals surface area contributed by atoms with E-state index in [1.165, 1.54) is 5.01 Å². The van der Waals surface area contributed by atoms with Crippen molar-refractivity contribution in [3.05, 3.63) is 33.4 Å². The van der Waals surface area contributed by atoms with Gasteiger partial charge in [0.1, 0.15) is 5.76 Å². The molecule has 0 aliphatic carbocycles. The number of nitrogens with zero attached hydrogens (tertiary/aromatic N) is 2. The Kier molecular flexibility index (Phi) is 4.06. The fourth-order valence-corrected chi connectivity index (χ4v) is 2.55. The van der Waals surface area contributed by atoms with Crippen LogP contribution in [0.4, 0.5) is 0 Å². The minimum atomic E-state index is 0.125. The van der Waals surface area contributed by atoms with E-state index in [4.69, 9.17) is 4.42 Å². The fourth-order valence-electron chi connectivity index (χ4n) is 1.64. The van der Waals surface area contributed by atoms with Gasteiger partial charge in [0.25, 0.3) is 0 Å². The molecule has 0 atom stereocenters. The third kappa shape index (κ3) is 3.64. The van der Waals surface area contributed by atoms with Crippen LogP contribution < -0.4 is 5.32 Å². The van der Waals surface area contributed by atoms with Crippen LogP contribution in [0.3, 0.4) is 0 Å². The molecule has 104 valence electrons. The summed E-state index contributed by atoms with van der Waals surface area (Å²) in [4.78, 5) is 8.98. The smallest absolute Gasteiger partial charge is 0.208 e. The highest BCUT2D eigenvalue weighted by Crippen LogP contribution is 2.25. The Balaban J connectivity index is 1.87. The zero-order valence-electron chi connectivity index (χ0n) is 12.2. The monoisotopic (exact) mass is 279 g/mol. The highest BCUT2D eigenvalue weighted by molar-refractivity contribution is 7.09. The number of hydrogen-bond acceptors (Lipinski definition) is 5. The molecule has 0 saturated heterocycles. The molecule has 0 fully saturated rings. The van der Waals surface area contributed by atoms with Crippen LogP contribution >= 0.6 is 11.3 Å². The molecule has 0 aromatic carbocycles. The van der Waals surface area contributed by atoms with Crippen molar-refractivity contribution in [2.75, 3.05) is 0 Å². The van der Waals surface area contributed by atoms with Crippen molar-refractivity contribution in [2.45, 2.75) is 53.1 Å². The molecule has 5 heteroatoms. The molecule has 4 nitrogen and oxygen atoms in total. The Morgan fingerprint density at radius 2 is 1.95 bits per heavy atom. The average Bonchev–Trinajstić information content (AvgIpc) is 2.87. The quantitative estimate of drug-likeness (QED) is 0.932. The van der Waals surface area contributed by atoms with E-state index in [0.717, 1.165) is 29.6 Å². The molecule has 0 unspecified atom stereocenters. The van der Waals surface area contributed by atoms with Crippen molar-refractivity contribution in [1.82, 2.24) is 15.3 Å². The van der Waals surface area contributed by atoms with Crippen LogP contribution in [0, 0.1) is 13.8 Å². The van der Waals surface area contributed by atoms with Gasteiger partial charge in [-0.3, -0.25) is 0 Å². The average molecular weight is 279 g/mol. The predicted octanol–water partition coefficient (Wildman–Crippen LogP) is 3.34. The van der Waals surface area contributed by atoms with Gasteiger partial charge in [0, 0.05) is 17.3 Å². The predicted molar refractivity (Wildman–Crippen MR) is 77.3 cm³/mol. The first-order valence-electron chi connectivity index (χ1n) is 6.45. The lowest BCUT2D eigenvalue weighted by molar-refractivity contribution is 0.447. The molecule has 0 radical (unpaired) electrons. The van der Waals surface area contributed by atoms with Gasteiger partial charge >= 0.3 is 0 Å². The summed E-state index contributed by atoms with van der Waals surface area (Å²) in [6.07, 6.45) is 0. The number of thiazole rings is 1. The third-order valence-electron chi connectivity index (χ3n) is 2.85. The number of oxazole rings is 1. The van der Waals surface area contributed by atoms with E-state index >= 15 is 0 Å². The largest absolute Gasteiger partial charge is 0.444 e. The van der Waals surface area contributed by atoms with E-state index < -0.39 is 0 Å². The summed E-state index contributed by atoms with van der Waals surface area (Å²) in [6, 6.07) is 0. The van der Waals surface area contributed by atoms with Gasteiger partial charge in [-0.05, 0) is 13.8 Å². The first-order chi connectivity index (χ1) is 8.86. The molecule has 0 saturated carbocycles. The van der Waals surface area contributed by atoms with Crippen molar-refractivity contribution >= 4 is 11.3 Å². The molecular weight excluding hydrogens is 258 g/mol. The summed E-state index contributed by atoms with van der Waals surface area (Å²) in [5.41, 5.74) is 2.16. The van der Waals surface area contributed by atoms with Crippen LogP contribution in [0.1, 0.15) is 48.8 Å². The SMILES string of the molecule is Cc1nc(CNCc2csc(C(C)(C)C)n2)oc1C. The van der Waals surface area contributed by atoms with Gasteiger partial charge in [-0.15, -0.1) is 11.3 Å². The van der Waals surface area contributed by atoms with Crippen LogP contribution in [0.15, 0.2) is 9.80 Å². The van der Waals surface area contributed by atoms with E-state index in [-0.39, 0.29) is 5.41 Å². The Hall–Kier alpha value is -1.20. The second-order valence-electron chi connectivity index (χ2n) is 5.75. The standard InChI is InChI=1S/C14H21N3OS/c1-9-10(2)18-12(16-9)7-15-6-11-8-19-13(17-11)14(3,4)5/h8,15H,6-7H2,1-5H3. The van der Waals surface area contributed by atoms with Crippen molar-refractivity contribution in [2.24, 2.45) is 0 Å². The van der Waals surface area contributed by atoms with Gasteiger partial charge in [0.15, 0.2) is 0 Å². The second kappa shape index (κ2) is 5.43. The topological polar surface area (TPSA) is 51.0 Å². The zero-order valence-corrected chi connectivity index (χ0v) is 13.0.